The van der Waals surface area contributed by atoms with Gasteiger partial charge in [-0.2, -0.15) is 0 Å². The van der Waals surface area contributed by atoms with Gasteiger partial charge in [0.15, 0.2) is 0 Å². The second-order valence-corrected chi connectivity index (χ2v) is 5.74. The molecule has 0 radical (unpaired) electrons. The highest BCUT2D eigenvalue weighted by atomic mass is 16.5. The van der Waals surface area contributed by atoms with E-state index in [2.05, 4.69) is 36.0 Å². The van der Waals surface area contributed by atoms with Crippen molar-refractivity contribution in [3.63, 3.8) is 0 Å². The highest BCUT2D eigenvalue weighted by molar-refractivity contribution is 5.30. The molecule has 2 unspecified atom stereocenters. The van der Waals surface area contributed by atoms with Gasteiger partial charge in [0.2, 0.25) is 0 Å². The summed E-state index contributed by atoms with van der Waals surface area (Å²) in [6, 6.07) is 8.77. The van der Waals surface area contributed by atoms with E-state index in [1.54, 1.807) is 0 Å². The molecule has 1 heterocycles. The molecule has 1 fully saturated rings. The number of nitrogens with two attached hydrogens (primary N) is 1. The molecule has 2 atom stereocenters. The van der Waals surface area contributed by atoms with Crippen LogP contribution in [0.1, 0.15) is 24.9 Å². The number of hydrogen-bond donors (Lipinski definition) is 1. The third kappa shape index (κ3) is 3.95. The summed E-state index contributed by atoms with van der Waals surface area (Å²) in [6.45, 7) is 6.04. The normalized spacial score (nSPS) is 22.7. The molecule has 4 nitrogen and oxygen atoms in total. The van der Waals surface area contributed by atoms with Crippen LogP contribution in [0, 0.1) is 0 Å². The quantitative estimate of drug-likeness (QED) is 0.890. The van der Waals surface area contributed by atoms with E-state index in [0.717, 1.165) is 37.4 Å². The van der Waals surface area contributed by atoms with Crippen LogP contribution in [-0.2, 0) is 0 Å². The molecule has 20 heavy (non-hydrogen) atoms. The fourth-order valence-corrected chi connectivity index (χ4v) is 2.79. The van der Waals surface area contributed by atoms with Crippen molar-refractivity contribution in [3.8, 4) is 5.75 Å². The Bertz CT molecular complexity index is 424. The maximum absolute atomic E-state index is 6.40. The summed E-state index contributed by atoms with van der Waals surface area (Å²) in [5.74, 6) is 0.912. The Balaban J connectivity index is 1.99. The Morgan fingerprint density at radius 2 is 2.15 bits per heavy atom. The van der Waals surface area contributed by atoms with E-state index in [1.807, 2.05) is 19.1 Å². The van der Waals surface area contributed by atoms with E-state index in [9.17, 15) is 0 Å². The molecule has 1 aromatic carbocycles. The molecule has 0 aliphatic carbocycles. The van der Waals surface area contributed by atoms with E-state index < -0.39 is 0 Å². The molecular weight excluding hydrogens is 250 g/mol. The summed E-state index contributed by atoms with van der Waals surface area (Å²) < 4.78 is 5.55. The molecule has 0 bridgehead atoms. The van der Waals surface area contributed by atoms with Crippen molar-refractivity contribution in [3.05, 3.63) is 29.8 Å². The first-order chi connectivity index (χ1) is 9.60. The molecule has 0 amide bonds. The molecule has 1 aliphatic heterocycles. The molecule has 112 valence electrons. The van der Waals surface area contributed by atoms with Crippen molar-refractivity contribution in [1.29, 1.82) is 0 Å². The number of rotatable bonds is 5. The van der Waals surface area contributed by atoms with Crippen molar-refractivity contribution in [2.75, 3.05) is 40.3 Å². The molecule has 4 heteroatoms. The van der Waals surface area contributed by atoms with Gasteiger partial charge in [0, 0.05) is 31.7 Å². The Morgan fingerprint density at radius 3 is 2.90 bits per heavy atom. The van der Waals surface area contributed by atoms with Gasteiger partial charge in [-0.1, -0.05) is 12.1 Å². The van der Waals surface area contributed by atoms with Crippen LogP contribution in [0.3, 0.4) is 0 Å². The lowest BCUT2D eigenvalue weighted by Gasteiger charge is -2.38. The smallest absolute Gasteiger partial charge is 0.119 e. The summed E-state index contributed by atoms with van der Waals surface area (Å²) >= 11 is 0. The van der Waals surface area contributed by atoms with Crippen LogP contribution in [0.4, 0.5) is 0 Å². The van der Waals surface area contributed by atoms with Gasteiger partial charge in [-0.3, -0.25) is 0 Å². The van der Waals surface area contributed by atoms with Crippen LogP contribution in [0.15, 0.2) is 24.3 Å². The van der Waals surface area contributed by atoms with Crippen LogP contribution in [0.25, 0.3) is 0 Å². The lowest BCUT2D eigenvalue weighted by atomic mass is 9.98. The first-order valence-corrected chi connectivity index (χ1v) is 7.47. The van der Waals surface area contributed by atoms with Crippen molar-refractivity contribution < 1.29 is 4.74 Å². The van der Waals surface area contributed by atoms with E-state index in [1.165, 1.54) is 0 Å². The molecule has 0 spiro atoms. The minimum Gasteiger partial charge on any atom is -0.494 e. The number of likely N-dealkylation sites (N-methyl/N-ethyl adjacent to an activating group) is 2. The third-order valence-electron chi connectivity index (χ3n) is 4.10. The number of piperazine rings is 1. The van der Waals surface area contributed by atoms with Crippen molar-refractivity contribution in [1.82, 2.24) is 9.80 Å². The van der Waals surface area contributed by atoms with Crippen LogP contribution < -0.4 is 10.5 Å². The van der Waals surface area contributed by atoms with Crippen LogP contribution >= 0.6 is 0 Å². The van der Waals surface area contributed by atoms with Gasteiger partial charge in [0.1, 0.15) is 5.75 Å². The van der Waals surface area contributed by atoms with Gasteiger partial charge < -0.3 is 20.3 Å². The molecule has 2 rings (SSSR count). The topological polar surface area (TPSA) is 41.7 Å². The van der Waals surface area contributed by atoms with Crippen LogP contribution in [0.2, 0.25) is 0 Å². The van der Waals surface area contributed by atoms with Crippen molar-refractivity contribution >= 4 is 0 Å². The largest absolute Gasteiger partial charge is 0.494 e. The number of nitrogens with zero attached hydrogens (tertiary/aromatic N) is 2. The minimum atomic E-state index is 0.0642. The average Bonchev–Trinajstić information content (AvgIpc) is 2.43. The van der Waals surface area contributed by atoms with Gasteiger partial charge in [0.25, 0.3) is 0 Å². The maximum Gasteiger partial charge on any atom is 0.119 e. The molecule has 0 saturated carbocycles. The molecule has 1 aromatic rings. The highest BCUT2D eigenvalue weighted by Crippen LogP contribution is 2.23. The van der Waals surface area contributed by atoms with Crippen LogP contribution in [-0.4, -0.2) is 56.2 Å². The van der Waals surface area contributed by atoms with E-state index in [0.29, 0.717) is 12.6 Å². The number of hydrogen-bond acceptors (Lipinski definition) is 4. The summed E-state index contributed by atoms with van der Waals surface area (Å²) in [5.41, 5.74) is 7.56. The summed E-state index contributed by atoms with van der Waals surface area (Å²) in [5, 5.41) is 0. The summed E-state index contributed by atoms with van der Waals surface area (Å²) in [4.78, 5) is 4.81. The average molecular weight is 277 g/mol. The van der Waals surface area contributed by atoms with Gasteiger partial charge in [-0.05, 0) is 45.1 Å². The van der Waals surface area contributed by atoms with Crippen LogP contribution in [0.5, 0.6) is 5.75 Å². The number of benzene rings is 1. The molecule has 1 aliphatic rings. The lowest BCUT2D eigenvalue weighted by Crippen LogP contribution is -2.50. The van der Waals surface area contributed by atoms with Gasteiger partial charge in [-0.25, -0.2) is 0 Å². The third-order valence-corrected chi connectivity index (χ3v) is 4.10. The molecular formula is C16H27N3O. The Kier molecular flexibility index (Phi) is 5.40. The Morgan fingerprint density at radius 1 is 1.35 bits per heavy atom. The number of ether oxygens (including phenoxy) is 1. The predicted octanol–water partition coefficient (Wildman–Crippen LogP) is 1.72. The fraction of sp³-hybridized carbons (Fsp3) is 0.625. The zero-order valence-corrected chi connectivity index (χ0v) is 12.9. The second-order valence-electron chi connectivity index (χ2n) is 5.74. The Labute approximate surface area is 122 Å². The fourth-order valence-electron chi connectivity index (χ4n) is 2.79. The van der Waals surface area contributed by atoms with E-state index in [4.69, 9.17) is 10.5 Å². The molecule has 2 N–H and O–H groups in total. The maximum atomic E-state index is 6.40. The van der Waals surface area contributed by atoms with E-state index >= 15 is 0 Å². The van der Waals surface area contributed by atoms with Gasteiger partial charge in [-0.15, -0.1) is 0 Å². The van der Waals surface area contributed by atoms with Crippen molar-refractivity contribution in [2.45, 2.75) is 25.4 Å². The Hall–Kier alpha value is -1.10. The molecule has 0 aromatic heterocycles. The highest BCUT2D eigenvalue weighted by Gasteiger charge is 2.24. The lowest BCUT2D eigenvalue weighted by molar-refractivity contribution is 0.104. The monoisotopic (exact) mass is 277 g/mol. The first kappa shape index (κ1) is 15.3. The van der Waals surface area contributed by atoms with Gasteiger partial charge in [0.05, 0.1) is 6.61 Å². The summed E-state index contributed by atoms with van der Waals surface area (Å²) in [6.07, 6.45) is 0.983. The molecule has 1 saturated heterocycles. The van der Waals surface area contributed by atoms with E-state index in [-0.39, 0.29) is 6.04 Å². The predicted molar refractivity (Wildman–Crippen MR) is 83.1 cm³/mol. The zero-order valence-electron chi connectivity index (χ0n) is 12.9. The summed E-state index contributed by atoms with van der Waals surface area (Å²) in [7, 11) is 4.38. The van der Waals surface area contributed by atoms with Gasteiger partial charge >= 0.3 is 0 Å². The first-order valence-electron chi connectivity index (χ1n) is 7.47. The standard InChI is InChI=1S/C16H27N3O/c1-4-20-15-7-5-6-13(10-15)16(17)11-14-12-18(2)8-9-19(14)3/h5-7,10,14,16H,4,8-9,11-12,17H2,1-3H3. The minimum absolute atomic E-state index is 0.0642. The second kappa shape index (κ2) is 7.07. The zero-order chi connectivity index (χ0) is 14.5. The van der Waals surface area contributed by atoms with Crippen molar-refractivity contribution in [2.24, 2.45) is 5.73 Å². The SMILES string of the molecule is CCOc1cccc(C(N)CC2CN(C)CCN2C)c1.